The Morgan fingerprint density at radius 2 is 1.94 bits per heavy atom. The van der Waals surface area contributed by atoms with Gasteiger partial charge in [0.1, 0.15) is 5.82 Å². The number of aromatic nitrogens is 3. The van der Waals surface area contributed by atoms with E-state index in [-0.39, 0.29) is 0 Å². The van der Waals surface area contributed by atoms with Gasteiger partial charge in [-0.05, 0) is 43.3 Å². The summed E-state index contributed by atoms with van der Waals surface area (Å²) in [6.45, 7) is 9.07. The second-order valence-electron chi connectivity index (χ2n) is 6.31. The molecule has 0 unspecified atom stereocenters. The van der Waals surface area contributed by atoms with Gasteiger partial charge < -0.3 is 4.57 Å². The van der Waals surface area contributed by atoms with Crippen molar-refractivity contribution in [3.05, 3.63) is 10.6 Å². The lowest BCUT2D eigenvalue weighted by Crippen LogP contribution is -2.24. The van der Waals surface area contributed by atoms with Crippen LogP contribution in [0.3, 0.4) is 0 Å². The zero-order valence-corrected chi connectivity index (χ0v) is 12.1. The fraction of sp³-hybridized carbons (Fsp3) is 0.846. The Labute approximate surface area is 109 Å². The minimum atomic E-state index is 0.429. The molecule has 0 radical (unpaired) electrons. The zero-order chi connectivity index (χ0) is 12.6. The first kappa shape index (κ1) is 12.8. The van der Waals surface area contributed by atoms with Crippen LogP contribution in [0.5, 0.6) is 0 Å². The number of nitrogens with zero attached hydrogens (tertiary/aromatic N) is 2. The number of H-pyrrole nitrogens is 1. The highest BCUT2D eigenvalue weighted by molar-refractivity contribution is 7.71. The molecule has 0 amide bonds. The van der Waals surface area contributed by atoms with Gasteiger partial charge in [-0.15, -0.1) is 0 Å². The molecule has 0 aliphatic heterocycles. The normalized spacial score (nSPS) is 21.0. The fourth-order valence-electron chi connectivity index (χ4n) is 2.72. The molecule has 1 saturated carbocycles. The number of hydrogen-bond donors (Lipinski definition) is 1. The van der Waals surface area contributed by atoms with Crippen LogP contribution in [0.4, 0.5) is 0 Å². The van der Waals surface area contributed by atoms with Gasteiger partial charge in [0.05, 0.1) is 0 Å². The number of rotatable bonds is 2. The second-order valence-corrected chi connectivity index (χ2v) is 6.69. The molecule has 0 spiro atoms. The Balaban J connectivity index is 2.24. The maximum Gasteiger partial charge on any atom is 0.195 e. The van der Waals surface area contributed by atoms with Crippen molar-refractivity contribution in [2.45, 2.75) is 65.3 Å². The molecule has 4 heteroatoms. The first-order valence-corrected chi connectivity index (χ1v) is 6.98. The van der Waals surface area contributed by atoms with Crippen molar-refractivity contribution in [3.8, 4) is 0 Å². The van der Waals surface area contributed by atoms with Crippen molar-refractivity contribution < 1.29 is 0 Å². The van der Waals surface area contributed by atoms with Gasteiger partial charge >= 0.3 is 0 Å². The molecule has 0 bridgehead atoms. The van der Waals surface area contributed by atoms with E-state index in [9.17, 15) is 0 Å². The minimum absolute atomic E-state index is 0.429. The van der Waals surface area contributed by atoms with Crippen LogP contribution in [-0.4, -0.2) is 14.8 Å². The van der Waals surface area contributed by atoms with E-state index in [4.69, 9.17) is 12.2 Å². The summed E-state index contributed by atoms with van der Waals surface area (Å²) in [6, 6.07) is 0.548. The molecule has 1 fully saturated rings. The maximum atomic E-state index is 5.38. The Morgan fingerprint density at radius 1 is 1.35 bits per heavy atom. The van der Waals surface area contributed by atoms with E-state index >= 15 is 0 Å². The molecule has 1 aromatic heterocycles. The molecule has 1 aliphatic carbocycles. The molecule has 17 heavy (non-hydrogen) atoms. The quantitative estimate of drug-likeness (QED) is 0.801. The molecular formula is C13H23N3S. The molecule has 2 rings (SSSR count). The van der Waals surface area contributed by atoms with Crippen LogP contribution in [-0.2, 0) is 0 Å². The van der Waals surface area contributed by atoms with Crippen molar-refractivity contribution in [2.24, 2.45) is 5.41 Å². The van der Waals surface area contributed by atoms with E-state index in [0.717, 1.165) is 10.6 Å². The molecule has 3 nitrogen and oxygen atoms in total. The molecule has 1 N–H and O–H groups in total. The molecule has 0 saturated heterocycles. The molecule has 1 heterocycles. The molecule has 0 atom stereocenters. The van der Waals surface area contributed by atoms with Gasteiger partial charge in [-0.25, -0.2) is 0 Å². The van der Waals surface area contributed by atoms with Crippen LogP contribution >= 0.6 is 12.2 Å². The van der Waals surface area contributed by atoms with Gasteiger partial charge in [0.2, 0.25) is 0 Å². The number of aromatic amines is 1. The molecule has 96 valence electrons. The SMILES string of the molecule is CC(C)c1n[nH]c(=S)n1C1CCC(C)(C)CC1. The van der Waals surface area contributed by atoms with Crippen molar-refractivity contribution in [2.75, 3.05) is 0 Å². The van der Waals surface area contributed by atoms with Crippen molar-refractivity contribution in [1.29, 1.82) is 0 Å². The summed E-state index contributed by atoms with van der Waals surface area (Å²) < 4.78 is 3.05. The highest BCUT2D eigenvalue weighted by atomic mass is 32.1. The Morgan fingerprint density at radius 3 is 2.47 bits per heavy atom. The molecular weight excluding hydrogens is 230 g/mol. The highest BCUT2D eigenvalue weighted by Gasteiger charge is 2.29. The maximum absolute atomic E-state index is 5.38. The van der Waals surface area contributed by atoms with Crippen LogP contribution in [0.15, 0.2) is 0 Å². The van der Waals surface area contributed by atoms with Crippen molar-refractivity contribution in [1.82, 2.24) is 14.8 Å². The zero-order valence-electron chi connectivity index (χ0n) is 11.3. The lowest BCUT2D eigenvalue weighted by Gasteiger charge is -2.35. The third kappa shape index (κ3) is 2.62. The number of hydrogen-bond acceptors (Lipinski definition) is 2. The van der Waals surface area contributed by atoms with E-state index in [2.05, 4.69) is 42.5 Å². The van der Waals surface area contributed by atoms with Crippen LogP contribution in [0, 0.1) is 10.2 Å². The van der Waals surface area contributed by atoms with Crippen molar-refractivity contribution >= 4 is 12.2 Å². The average Bonchev–Trinajstić information content (AvgIpc) is 2.61. The summed E-state index contributed by atoms with van der Waals surface area (Å²) in [5, 5.41) is 7.32. The Bertz CT molecular complexity index is 432. The van der Waals surface area contributed by atoms with Gasteiger partial charge in [-0.2, -0.15) is 5.10 Å². The summed E-state index contributed by atoms with van der Waals surface area (Å²) in [6.07, 6.45) is 5.01. The van der Waals surface area contributed by atoms with Crippen LogP contribution in [0.25, 0.3) is 0 Å². The first-order chi connectivity index (χ1) is 7.91. The number of nitrogens with one attached hydrogen (secondary N) is 1. The smallest absolute Gasteiger partial charge is 0.195 e. The predicted molar refractivity (Wildman–Crippen MR) is 72.8 cm³/mol. The van der Waals surface area contributed by atoms with Gasteiger partial charge in [-0.3, -0.25) is 5.10 Å². The van der Waals surface area contributed by atoms with Gasteiger partial charge in [0.25, 0.3) is 0 Å². The second kappa shape index (κ2) is 4.56. The molecule has 1 aliphatic rings. The standard InChI is InChI=1S/C13H23N3S/c1-9(2)11-14-15-12(17)16(11)10-5-7-13(3,4)8-6-10/h9-10H,5-8H2,1-4H3,(H,15,17). The van der Waals surface area contributed by atoms with Gasteiger partial charge in [0.15, 0.2) is 4.77 Å². The summed E-state index contributed by atoms with van der Waals surface area (Å²) in [4.78, 5) is 0. The van der Waals surface area contributed by atoms with E-state index < -0.39 is 0 Å². The van der Waals surface area contributed by atoms with Gasteiger partial charge in [0, 0.05) is 12.0 Å². The summed E-state index contributed by atoms with van der Waals surface area (Å²) >= 11 is 5.38. The first-order valence-electron chi connectivity index (χ1n) is 6.57. The lowest BCUT2D eigenvalue weighted by atomic mass is 9.75. The van der Waals surface area contributed by atoms with Crippen molar-refractivity contribution in [3.63, 3.8) is 0 Å². The monoisotopic (exact) mass is 253 g/mol. The molecule has 1 aromatic rings. The fourth-order valence-corrected chi connectivity index (χ4v) is 3.01. The molecule has 0 aromatic carbocycles. The van der Waals surface area contributed by atoms with Gasteiger partial charge in [-0.1, -0.05) is 27.7 Å². The highest BCUT2D eigenvalue weighted by Crippen LogP contribution is 2.40. The predicted octanol–water partition coefficient (Wildman–Crippen LogP) is 4.21. The van der Waals surface area contributed by atoms with E-state index in [1.165, 1.54) is 25.7 Å². The third-order valence-electron chi connectivity index (χ3n) is 3.92. The van der Waals surface area contributed by atoms with E-state index in [0.29, 0.717) is 17.4 Å². The van der Waals surface area contributed by atoms with Crippen LogP contribution in [0.2, 0.25) is 0 Å². The minimum Gasteiger partial charge on any atom is -0.301 e. The lowest BCUT2D eigenvalue weighted by molar-refractivity contribution is 0.190. The largest absolute Gasteiger partial charge is 0.301 e. The third-order valence-corrected chi connectivity index (χ3v) is 4.21. The Hall–Kier alpha value is -0.640. The summed E-state index contributed by atoms with van der Waals surface area (Å²) in [5.41, 5.74) is 0.500. The Kier molecular flexibility index (Phi) is 3.43. The van der Waals surface area contributed by atoms with Crippen LogP contribution < -0.4 is 0 Å². The summed E-state index contributed by atoms with van der Waals surface area (Å²) in [5.74, 6) is 1.54. The topological polar surface area (TPSA) is 33.6 Å². The summed E-state index contributed by atoms with van der Waals surface area (Å²) in [7, 11) is 0. The van der Waals surface area contributed by atoms with E-state index in [1.54, 1.807) is 0 Å². The van der Waals surface area contributed by atoms with E-state index in [1.807, 2.05) is 0 Å². The van der Waals surface area contributed by atoms with Crippen LogP contribution in [0.1, 0.15) is 71.2 Å². The average molecular weight is 253 g/mol.